The maximum Gasteiger partial charge on any atom is 0.411 e. The summed E-state index contributed by atoms with van der Waals surface area (Å²) in [5.41, 5.74) is 1.97. The zero-order valence-corrected chi connectivity index (χ0v) is 12.1. The van der Waals surface area contributed by atoms with Crippen molar-refractivity contribution in [2.45, 2.75) is 38.9 Å². The predicted molar refractivity (Wildman–Crippen MR) is 70.6 cm³/mol. The number of nitrogens with one attached hydrogen (secondary N) is 1. The van der Waals surface area contributed by atoms with E-state index in [0.29, 0.717) is 13.0 Å². The lowest BCUT2D eigenvalue weighted by atomic mass is 10.1. The molecule has 0 saturated heterocycles. The van der Waals surface area contributed by atoms with Gasteiger partial charge in [0.2, 0.25) is 0 Å². The molecule has 4 nitrogen and oxygen atoms in total. The summed E-state index contributed by atoms with van der Waals surface area (Å²) in [4.78, 5) is 0. The molecule has 0 aliphatic carbocycles. The van der Waals surface area contributed by atoms with Crippen LogP contribution < -0.4 is 5.32 Å². The van der Waals surface area contributed by atoms with Crippen LogP contribution in [0, 0.1) is 0 Å². The summed E-state index contributed by atoms with van der Waals surface area (Å²) in [5, 5.41) is 7.47. The van der Waals surface area contributed by atoms with E-state index < -0.39 is 12.8 Å². The van der Waals surface area contributed by atoms with Crippen LogP contribution in [0.3, 0.4) is 0 Å². The van der Waals surface area contributed by atoms with Crippen molar-refractivity contribution in [2.24, 2.45) is 7.05 Å². The van der Waals surface area contributed by atoms with Crippen molar-refractivity contribution < 1.29 is 17.9 Å². The van der Waals surface area contributed by atoms with E-state index in [0.717, 1.165) is 17.8 Å². The molecule has 20 heavy (non-hydrogen) atoms. The molecule has 0 bridgehead atoms. The second-order valence-corrected chi connectivity index (χ2v) is 4.69. The largest absolute Gasteiger partial charge is 0.411 e. The molecule has 0 aromatic carbocycles. The minimum atomic E-state index is -4.28. The first-order chi connectivity index (χ1) is 9.35. The number of hydrogen-bond donors (Lipinski definition) is 1. The lowest BCUT2D eigenvalue weighted by molar-refractivity contribution is -0.175. The van der Waals surface area contributed by atoms with Gasteiger partial charge < -0.3 is 10.1 Å². The third-order valence-corrected chi connectivity index (χ3v) is 2.92. The van der Waals surface area contributed by atoms with Crippen LogP contribution in [0.2, 0.25) is 0 Å². The number of hydrogen-bond acceptors (Lipinski definition) is 3. The van der Waals surface area contributed by atoms with Gasteiger partial charge in [0.25, 0.3) is 0 Å². The lowest BCUT2D eigenvalue weighted by Crippen LogP contribution is -2.37. The number of rotatable bonds is 8. The zero-order valence-electron chi connectivity index (χ0n) is 12.1. The Kier molecular flexibility index (Phi) is 6.48. The SMILES string of the molecule is CCNC(COCC(F)(F)F)Cc1cc(CC)nn1C. The third kappa shape index (κ3) is 5.92. The maximum atomic E-state index is 12.1. The molecule has 116 valence electrons. The normalized spacial score (nSPS) is 13.7. The fraction of sp³-hybridized carbons (Fsp3) is 0.769. The summed E-state index contributed by atoms with van der Waals surface area (Å²) in [7, 11) is 1.84. The summed E-state index contributed by atoms with van der Waals surface area (Å²) in [5.74, 6) is 0. The van der Waals surface area contributed by atoms with E-state index in [1.165, 1.54) is 0 Å². The second-order valence-electron chi connectivity index (χ2n) is 4.69. The molecule has 1 heterocycles. The molecule has 1 atom stereocenters. The highest BCUT2D eigenvalue weighted by Crippen LogP contribution is 2.15. The molecule has 1 aromatic rings. The first-order valence-corrected chi connectivity index (χ1v) is 6.75. The quantitative estimate of drug-likeness (QED) is 0.797. The number of alkyl halides is 3. The van der Waals surface area contributed by atoms with Gasteiger partial charge in [-0.3, -0.25) is 4.68 Å². The van der Waals surface area contributed by atoms with Gasteiger partial charge >= 0.3 is 6.18 Å². The lowest BCUT2D eigenvalue weighted by Gasteiger charge is -2.18. The van der Waals surface area contributed by atoms with E-state index in [-0.39, 0.29) is 12.6 Å². The van der Waals surface area contributed by atoms with Crippen molar-refractivity contribution in [3.8, 4) is 0 Å². The molecule has 0 aliphatic rings. The Morgan fingerprint density at radius 2 is 2.10 bits per heavy atom. The average molecular weight is 293 g/mol. The van der Waals surface area contributed by atoms with E-state index in [2.05, 4.69) is 10.4 Å². The van der Waals surface area contributed by atoms with Crippen molar-refractivity contribution in [1.82, 2.24) is 15.1 Å². The number of likely N-dealkylation sites (N-methyl/N-ethyl adjacent to an activating group) is 1. The molecule has 0 amide bonds. The summed E-state index contributed by atoms with van der Waals surface area (Å²) in [6, 6.07) is 1.83. The summed E-state index contributed by atoms with van der Waals surface area (Å²) in [6.07, 6.45) is -2.85. The first kappa shape index (κ1) is 17.0. The van der Waals surface area contributed by atoms with E-state index in [1.807, 2.05) is 27.0 Å². The smallest absolute Gasteiger partial charge is 0.370 e. The molecule has 1 N–H and O–H groups in total. The molecule has 1 aromatic heterocycles. The van der Waals surface area contributed by atoms with E-state index in [1.54, 1.807) is 4.68 Å². The highest BCUT2D eigenvalue weighted by atomic mass is 19.4. The van der Waals surface area contributed by atoms with Crippen molar-refractivity contribution in [1.29, 1.82) is 0 Å². The first-order valence-electron chi connectivity index (χ1n) is 6.75. The molecule has 0 spiro atoms. The van der Waals surface area contributed by atoms with Crippen LogP contribution in [0.4, 0.5) is 13.2 Å². The Hall–Kier alpha value is -1.08. The standard InChI is InChI=1S/C13H22F3N3O/c1-4-10-6-12(19(3)18-10)7-11(17-5-2)8-20-9-13(14,15)16/h6,11,17H,4-5,7-9H2,1-3H3. The molecule has 1 unspecified atom stereocenters. The summed E-state index contributed by atoms with van der Waals surface area (Å²) in [6.45, 7) is 3.43. The minimum absolute atomic E-state index is 0.0278. The fourth-order valence-electron chi connectivity index (χ4n) is 1.98. The van der Waals surface area contributed by atoms with Gasteiger partial charge in [-0.25, -0.2) is 0 Å². The van der Waals surface area contributed by atoms with Gasteiger partial charge in [-0.1, -0.05) is 13.8 Å². The van der Waals surface area contributed by atoms with Gasteiger partial charge in [0.05, 0.1) is 12.3 Å². The number of ether oxygens (including phenoxy) is 1. The Morgan fingerprint density at radius 3 is 2.60 bits per heavy atom. The zero-order chi connectivity index (χ0) is 15.2. The van der Waals surface area contributed by atoms with Crippen LogP contribution in [0.1, 0.15) is 25.2 Å². The van der Waals surface area contributed by atoms with Gasteiger partial charge in [-0.2, -0.15) is 18.3 Å². The van der Waals surface area contributed by atoms with Gasteiger partial charge in [0.15, 0.2) is 0 Å². The predicted octanol–water partition coefficient (Wildman–Crippen LogP) is 2.08. The van der Waals surface area contributed by atoms with Crippen molar-refractivity contribution in [3.63, 3.8) is 0 Å². The van der Waals surface area contributed by atoms with Crippen LogP contribution >= 0.6 is 0 Å². The monoisotopic (exact) mass is 293 g/mol. The molecule has 0 radical (unpaired) electrons. The Bertz CT molecular complexity index is 404. The van der Waals surface area contributed by atoms with Crippen LogP contribution in [0.25, 0.3) is 0 Å². The van der Waals surface area contributed by atoms with E-state index in [4.69, 9.17) is 4.74 Å². The topological polar surface area (TPSA) is 39.1 Å². The number of halogens is 3. The molecular formula is C13H22F3N3O. The fourth-order valence-corrected chi connectivity index (χ4v) is 1.98. The summed E-state index contributed by atoms with van der Waals surface area (Å²) >= 11 is 0. The van der Waals surface area contributed by atoms with Crippen LogP contribution in [0.15, 0.2) is 6.07 Å². The second kappa shape index (κ2) is 7.64. The van der Waals surface area contributed by atoms with Crippen molar-refractivity contribution in [3.05, 3.63) is 17.5 Å². The van der Waals surface area contributed by atoms with Crippen molar-refractivity contribution in [2.75, 3.05) is 19.8 Å². The van der Waals surface area contributed by atoms with Gasteiger partial charge in [0.1, 0.15) is 6.61 Å². The van der Waals surface area contributed by atoms with Crippen LogP contribution in [-0.4, -0.2) is 41.8 Å². The number of aryl methyl sites for hydroxylation is 2. The number of aromatic nitrogens is 2. The molecule has 1 rings (SSSR count). The Labute approximate surface area is 117 Å². The average Bonchev–Trinajstić information content (AvgIpc) is 2.69. The van der Waals surface area contributed by atoms with Gasteiger partial charge in [0, 0.05) is 25.2 Å². The van der Waals surface area contributed by atoms with Crippen molar-refractivity contribution >= 4 is 0 Å². The van der Waals surface area contributed by atoms with Crippen LogP contribution in [0.5, 0.6) is 0 Å². The van der Waals surface area contributed by atoms with E-state index in [9.17, 15) is 13.2 Å². The highest BCUT2D eigenvalue weighted by Gasteiger charge is 2.28. The van der Waals surface area contributed by atoms with Gasteiger partial charge in [-0.15, -0.1) is 0 Å². The minimum Gasteiger partial charge on any atom is -0.370 e. The highest BCUT2D eigenvalue weighted by molar-refractivity contribution is 5.11. The third-order valence-electron chi connectivity index (χ3n) is 2.92. The Balaban J connectivity index is 2.55. The molecule has 0 fully saturated rings. The molecule has 0 aliphatic heterocycles. The van der Waals surface area contributed by atoms with Crippen LogP contribution in [-0.2, 0) is 24.6 Å². The maximum absolute atomic E-state index is 12.1. The molecule has 7 heteroatoms. The summed E-state index contributed by atoms with van der Waals surface area (Å²) < 4.78 is 42.7. The molecule has 0 saturated carbocycles. The van der Waals surface area contributed by atoms with Gasteiger partial charge in [-0.05, 0) is 19.0 Å². The Morgan fingerprint density at radius 1 is 1.40 bits per heavy atom. The number of nitrogens with zero attached hydrogens (tertiary/aromatic N) is 2. The molecular weight excluding hydrogens is 271 g/mol. The van der Waals surface area contributed by atoms with E-state index >= 15 is 0 Å².